The SMILES string of the molecule is CC(=O)O.[C-]#[N+]C(C)(C)C(CC(=O)NC1CCCCC1)c1cc(OCc2ccccc2)c(OC)cc1C(F)(F)F. The van der Waals surface area contributed by atoms with E-state index in [9.17, 15) is 18.0 Å². The zero-order valence-corrected chi connectivity index (χ0v) is 23.3. The minimum atomic E-state index is -4.71. The summed E-state index contributed by atoms with van der Waals surface area (Å²) in [5, 5.41) is 10.4. The number of amides is 1. The highest BCUT2D eigenvalue weighted by molar-refractivity contribution is 5.78. The van der Waals surface area contributed by atoms with Crippen molar-refractivity contribution >= 4 is 11.9 Å². The van der Waals surface area contributed by atoms with E-state index in [1.54, 1.807) is 13.8 Å². The third-order valence-corrected chi connectivity index (χ3v) is 6.75. The van der Waals surface area contributed by atoms with Gasteiger partial charge in [-0.05, 0) is 36.1 Å². The molecule has 2 aromatic rings. The van der Waals surface area contributed by atoms with Gasteiger partial charge < -0.3 is 24.7 Å². The molecule has 10 heteroatoms. The number of rotatable bonds is 9. The van der Waals surface area contributed by atoms with Crippen LogP contribution in [0.5, 0.6) is 11.5 Å². The second-order valence-electron chi connectivity index (χ2n) is 10.3. The van der Waals surface area contributed by atoms with Crippen molar-refractivity contribution in [2.24, 2.45) is 0 Å². The molecule has 0 heterocycles. The number of halogens is 3. The summed E-state index contributed by atoms with van der Waals surface area (Å²) in [6.45, 7) is 12.0. The van der Waals surface area contributed by atoms with E-state index in [4.69, 9.17) is 25.9 Å². The summed E-state index contributed by atoms with van der Waals surface area (Å²) in [6, 6.07) is 11.4. The molecule has 1 unspecified atom stereocenters. The van der Waals surface area contributed by atoms with E-state index in [0.29, 0.717) is 0 Å². The summed E-state index contributed by atoms with van der Waals surface area (Å²) < 4.78 is 53.8. The van der Waals surface area contributed by atoms with Crippen LogP contribution in [0.4, 0.5) is 13.2 Å². The average Bonchev–Trinajstić information content (AvgIpc) is 2.90. The standard InChI is InChI=1S/C28H33F3N2O3.C2H4O2/c1-27(2,32-3)22(17-26(34)33-20-13-9-6-10-14-20)21-15-25(36-18-19-11-7-5-8-12-19)24(35-4)16-23(21)28(29,30)31;1-2(3)4/h5,7-8,11-12,15-16,20,22H,6,9-10,13-14,17-18H2,1-2,4H3,(H,33,34);1H3,(H,3,4). The Bertz CT molecular complexity index is 1170. The highest BCUT2D eigenvalue weighted by atomic mass is 19.4. The van der Waals surface area contributed by atoms with Crippen LogP contribution in [0.25, 0.3) is 4.85 Å². The van der Waals surface area contributed by atoms with Gasteiger partial charge in [0.1, 0.15) is 6.61 Å². The number of benzene rings is 2. The monoisotopic (exact) mass is 562 g/mol. The maximum Gasteiger partial charge on any atom is 0.416 e. The molecule has 0 bridgehead atoms. The maximum atomic E-state index is 14.2. The number of carbonyl (C=O) groups is 2. The Kier molecular flexibility index (Phi) is 11.8. The zero-order valence-electron chi connectivity index (χ0n) is 23.3. The van der Waals surface area contributed by atoms with Crippen LogP contribution in [0.3, 0.4) is 0 Å². The minimum Gasteiger partial charge on any atom is -0.493 e. The van der Waals surface area contributed by atoms with Crippen molar-refractivity contribution in [3.05, 3.63) is 70.6 Å². The molecule has 1 saturated carbocycles. The Hall–Kier alpha value is -3.74. The molecule has 7 nitrogen and oxygen atoms in total. The van der Waals surface area contributed by atoms with E-state index in [1.807, 2.05) is 30.3 Å². The van der Waals surface area contributed by atoms with Gasteiger partial charge in [-0.1, -0.05) is 49.6 Å². The molecule has 0 spiro atoms. The molecule has 40 heavy (non-hydrogen) atoms. The molecule has 0 saturated heterocycles. The average molecular weight is 563 g/mol. The summed E-state index contributed by atoms with van der Waals surface area (Å²) in [5.41, 5.74) is -1.51. The van der Waals surface area contributed by atoms with Crippen molar-refractivity contribution in [3.63, 3.8) is 0 Å². The lowest BCUT2D eigenvalue weighted by atomic mass is 9.77. The topological polar surface area (TPSA) is 89.2 Å². The van der Waals surface area contributed by atoms with E-state index in [0.717, 1.165) is 50.7 Å². The van der Waals surface area contributed by atoms with Crippen molar-refractivity contribution in [1.29, 1.82) is 0 Å². The molecule has 2 N–H and O–H groups in total. The molecule has 0 aliphatic heterocycles. The summed E-state index contributed by atoms with van der Waals surface area (Å²) in [7, 11) is 1.28. The summed E-state index contributed by atoms with van der Waals surface area (Å²) in [5.74, 6) is -2.13. The molecule has 2 aromatic carbocycles. The lowest BCUT2D eigenvalue weighted by Crippen LogP contribution is -2.39. The largest absolute Gasteiger partial charge is 0.493 e. The van der Waals surface area contributed by atoms with Crippen LogP contribution in [0.2, 0.25) is 0 Å². The fraction of sp³-hybridized carbons (Fsp3) is 0.500. The molecule has 1 aliphatic carbocycles. The first-order chi connectivity index (χ1) is 18.8. The number of nitrogens with one attached hydrogen (secondary N) is 1. The van der Waals surface area contributed by atoms with Gasteiger partial charge in [-0.15, -0.1) is 0 Å². The van der Waals surface area contributed by atoms with Crippen molar-refractivity contribution in [3.8, 4) is 11.5 Å². The fourth-order valence-electron chi connectivity index (χ4n) is 4.65. The molecule has 1 amide bonds. The maximum absolute atomic E-state index is 14.2. The van der Waals surface area contributed by atoms with Crippen LogP contribution in [-0.2, 0) is 22.4 Å². The molecule has 1 fully saturated rings. The second-order valence-corrected chi connectivity index (χ2v) is 10.3. The Morgan fingerprint density at radius 3 is 2.23 bits per heavy atom. The molecular weight excluding hydrogens is 525 g/mol. The van der Waals surface area contributed by atoms with Crippen molar-refractivity contribution < 1.29 is 37.3 Å². The number of alkyl halides is 3. The van der Waals surface area contributed by atoms with Crippen LogP contribution in [0, 0.1) is 6.57 Å². The first kappa shape index (κ1) is 32.5. The number of carboxylic acid groups (broad SMARTS) is 1. The molecule has 1 atom stereocenters. The second kappa shape index (κ2) is 14.6. The van der Waals surface area contributed by atoms with E-state index >= 15 is 0 Å². The van der Waals surface area contributed by atoms with Crippen LogP contribution in [-0.4, -0.2) is 35.7 Å². The first-order valence-corrected chi connectivity index (χ1v) is 13.1. The van der Waals surface area contributed by atoms with E-state index in [-0.39, 0.29) is 42.0 Å². The number of nitrogens with zero attached hydrogens (tertiary/aromatic N) is 1. The Balaban J connectivity index is 0.00000131. The fourth-order valence-corrected chi connectivity index (χ4v) is 4.65. The number of aliphatic carboxylic acids is 1. The third-order valence-electron chi connectivity index (χ3n) is 6.75. The summed E-state index contributed by atoms with van der Waals surface area (Å²) >= 11 is 0. The smallest absolute Gasteiger partial charge is 0.416 e. The van der Waals surface area contributed by atoms with Gasteiger partial charge in [-0.3, -0.25) is 9.59 Å². The number of carbonyl (C=O) groups excluding carboxylic acids is 1. The van der Waals surface area contributed by atoms with Crippen LogP contribution >= 0.6 is 0 Å². The molecule has 3 rings (SSSR count). The van der Waals surface area contributed by atoms with Gasteiger partial charge in [0.25, 0.3) is 5.97 Å². The highest BCUT2D eigenvalue weighted by Crippen LogP contribution is 2.46. The number of methoxy groups -OCH3 is 1. The highest BCUT2D eigenvalue weighted by Gasteiger charge is 2.45. The van der Waals surface area contributed by atoms with Crippen molar-refractivity contribution in [1.82, 2.24) is 5.32 Å². The normalized spacial score (nSPS) is 14.7. The quantitative estimate of drug-likeness (QED) is 0.321. The van der Waals surface area contributed by atoms with Crippen LogP contribution in [0.15, 0.2) is 42.5 Å². The summed E-state index contributed by atoms with van der Waals surface area (Å²) in [4.78, 5) is 25.6. The Morgan fingerprint density at radius 1 is 1.10 bits per heavy atom. The molecule has 0 radical (unpaired) electrons. The minimum absolute atomic E-state index is 0.0191. The van der Waals surface area contributed by atoms with Gasteiger partial charge in [0.2, 0.25) is 11.4 Å². The predicted molar refractivity (Wildman–Crippen MR) is 145 cm³/mol. The third kappa shape index (κ3) is 9.78. The van der Waals surface area contributed by atoms with Gasteiger partial charge in [-0.25, -0.2) is 6.57 Å². The predicted octanol–water partition coefficient (Wildman–Crippen LogP) is 7.00. The van der Waals surface area contributed by atoms with Crippen LogP contribution in [0.1, 0.15) is 81.9 Å². The lowest BCUT2D eigenvalue weighted by Gasteiger charge is -2.29. The van der Waals surface area contributed by atoms with Crippen molar-refractivity contribution in [2.45, 2.75) is 89.6 Å². The van der Waals surface area contributed by atoms with Gasteiger partial charge in [0, 0.05) is 33.2 Å². The molecule has 0 aromatic heterocycles. The van der Waals surface area contributed by atoms with Gasteiger partial charge in [0.15, 0.2) is 11.5 Å². The first-order valence-electron chi connectivity index (χ1n) is 13.1. The lowest BCUT2D eigenvalue weighted by molar-refractivity contribution is -0.139. The van der Waals surface area contributed by atoms with E-state index in [2.05, 4.69) is 10.2 Å². The molecule has 1 aliphatic rings. The van der Waals surface area contributed by atoms with E-state index in [1.165, 1.54) is 13.2 Å². The Morgan fingerprint density at radius 2 is 1.70 bits per heavy atom. The van der Waals surface area contributed by atoms with Crippen molar-refractivity contribution in [2.75, 3.05) is 7.11 Å². The van der Waals surface area contributed by atoms with Gasteiger partial charge >= 0.3 is 6.18 Å². The van der Waals surface area contributed by atoms with Crippen LogP contribution < -0.4 is 14.8 Å². The number of hydrogen-bond donors (Lipinski definition) is 2. The number of hydrogen-bond acceptors (Lipinski definition) is 4. The van der Waals surface area contributed by atoms with E-state index < -0.39 is 29.2 Å². The summed E-state index contributed by atoms with van der Waals surface area (Å²) in [6.07, 6.45) is -0.0865. The molecular formula is C30H37F3N2O5. The molecule has 218 valence electrons. The number of ether oxygens (including phenoxy) is 2. The number of carboxylic acids is 1. The zero-order chi connectivity index (χ0) is 29.9. The Labute approximate surface area is 233 Å². The van der Waals surface area contributed by atoms with Gasteiger partial charge in [0.05, 0.1) is 18.6 Å². The van der Waals surface area contributed by atoms with Gasteiger partial charge in [-0.2, -0.15) is 13.2 Å².